The first kappa shape index (κ1) is 12.5. The molecule has 0 aromatic heterocycles. The van der Waals surface area contributed by atoms with Gasteiger partial charge in [-0.3, -0.25) is 0 Å². The van der Waals surface area contributed by atoms with Crippen LogP contribution in [0.15, 0.2) is 24.3 Å². The summed E-state index contributed by atoms with van der Waals surface area (Å²) in [6.07, 6.45) is 0. The van der Waals surface area contributed by atoms with Crippen LogP contribution in [0.2, 0.25) is 5.02 Å². The molecule has 0 radical (unpaired) electrons. The summed E-state index contributed by atoms with van der Waals surface area (Å²) in [6, 6.07) is 7.65. The number of quaternary nitrogens is 1. The molecular weight excluding hydrogens is 214 g/mol. The summed E-state index contributed by atoms with van der Waals surface area (Å²) in [5, 5.41) is 18.5. The summed E-state index contributed by atoms with van der Waals surface area (Å²) in [5.41, 5.74) is 1.16. The van der Waals surface area contributed by atoms with Crippen molar-refractivity contribution in [2.75, 3.05) is 26.3 Å². The van der Waals surface area contributed by atoms with Crippen molar-refractivity contribution in [3.63, 3.8) is 0 Å². The molecule has 0 unspecified atom stereocenters. The minimum Gasteiger partial charge on any atom is -0.391 e. The molecule has 0 bridgehead atoms. The van der Waals surface area contributed by atoms with Crippen molar-refractivity contribution in [3.05, 3.63) is 34.9 Å². The molecule has 3 nitrogen and oxygen atoms in total. The highest BCUT2D eigenvalue weighted by Crippen LogP contribution is 2.08. The minimum atomic E-state index is 0.142. The van der Waals surface area contributed by atoms with E-state index in [1.54, 1.807) is 0 Å². The Kier molecular flexibility index (Phi) is 5.65. The van der Waals surface area contributed by atoms with E-state index in [0.717, 1.165) is 17.1 Å². The normalized spacial score (nSPS) is 10.9. The molecule has 0 aliphatic carbocycles. The second kappa shape index (κ2) is 6.80. The fraction of sp³-hybridized carbons (Fsp3) is 0.455. The Hall–Kier alpha value is -0.610. The first-order valence-electron chi connectivity index (χ1n) is 5.06. The van der Waals surface area contributed by atoms with Gasteiger partial charge in [0.05, 0.1) is 13.2 Å². The van der Waals surface area contributed by atoms with Gasteiger partial charge >= 0.3 is 0 Å². The van der Waals surface area contributed by atoms with Gasteiger partial charge in [-0.2, -0.15) is 0 Å². The number of aliphatic hydroxyl groups is 2. The number of aliphatic hydroxyl groups excluding tert-OH is 2. The van der Waals surface area contributed by atoms with E-state index in [2.05, 4.69) is 0 Å². The van der Waals surface area contributed by atoms with Crippen LogP contribution < -0.4 is 4.90 Å². The second-order valence-electron chi connectivity index (χ2n) is 3.50. The van der Waals surface area contributed by atoms with Crippen LogP contribution in [0, 0.1) is 0 Å². The summed E-state index contributed by atoms with van der Waals surface area (Å²) >= 11 is 5.78. The molecular formula is C11H17ClNO2+. The maximum atomic E-state index is 8.86. The second-order valence-corrected chi connectivity index (χ2v) is 3.94. The Morgan fingerprint density at radius 1 is 1.00 bits per heavy atom. The van der Waals surface area contributed by atoms with Gasteiger partial charge in [0.2, 0.25) is 0 Å². The molecule has 0 saturated carbocycles. The fourth-order valence-electron chi connectivity index (χ4n) is 1.51. The molecule has 0 amide bonds. The molecule has 3 N–H and O–H groups in total. The van der Waals surface area contributed by atoms with Crippen LogP contribution in [-0.2, 0) is 6.54 Å². The number of hydrogen-bond acceptors (Lipinski definition) is 2. The van der Waals surface area contributed by atoms with Crippen molar-refractivity contribution in [2.24, 2.45) is 0 Å². The quantitative estimate of drug-likeness (QED) is 0.629. The minimum absolute atomic E-state index is 0.142. The molecule has 4 heteroatoms. The van der Waals surface area contributed by atoms with E-state index in [9.17, 15) is 0 Å². The highest BCUT2D eigenvalue weighted by Gasteiger charge is 2.07. The number of halogens is 1. The van der Waals surface area contributed by atoms with E-state index in [1.165, 1.54) is 4.90 Å². The Morgan fingerprint density at radius 3 is 2.00 bits per heavy atom. The van der Waals surface area contributed by atoms with Gasteiger partial charge in [0, 0.05) is 10.6 Å². The van der Waals surface area contributed by atoms with E-state index in [4.69, 9.17) is 21.8 Å². The molecule has 1 rings (SSSR count). The third kappa shape index (κ3) is 4.62. The molecule has 0 spiro atoms. The average molecular weight is 231 g/mol. The predicted molar refractivity (Wildman–Crippen MR) is 60.0 cm³/mol. The molecule has 0 fully saturated rings. The zero-order chi connectivity index (χ0) is 11.1. The highest BCUT2D eigenvalue weighted by molar-refractivity contribution is 6.30. The topological polar surface area (TPSA) is 44.9 Å². The molecule has 0 aliphatic rings. The van der Waals surface area contributed by atoms with Crippen molar-refractivity contribution >= 4 is 11.6 Å². The van der Waals surface area contributed by atoms with Crippen LogP contribution in [-0.4, -0.2) is 36.5 Å². The Balaban J connectivity index is 2.53. The average Bonchev–Trinajstić information content (AvgIpc) is 2.22. The largest absolute Gasteiger partial charge is 0.391 e. The Morgan fingerprint density at radius 2 is 1.53 bits per heavy atom. The molecule has 15 heavy (non-hydrogen) atoms. The lowest BCUT2D eigenvalue weighted by atomic mass is 10.2. The van der Waals surface area contributed by atoms with E-state index in [1.807, 2.05) is 24.3 Å². The van der Waals surface area contributed by atoms with Gasteiger partial charge in [-0.25, -0.2) is 0 Å². The SMILES string of the molecule is OCC[NH+](CCO)Cc1ccc(Cl)cc1. The molecule has 1 aromatic carbocycles. The van der Waals surface area contributed by atoms with E-state index < -0.39 is 0 Å². The Labute approximate surface area is 94.9 Å². The predicted octanol–water partition coefficient (Wildman–Crippen LogP) is -0.290. The lowest BCUT2D eigenvalue weighted by molar-refractivity contribution is -0.914. The smallest absolute Gasteiger partial charge is 0.103 e. The molecule has 0 heterocycles. The maximum Gasteiger partial charge on any atom is 0.103 e. The molecule has 0 saturated heterocycles. The van der Waals surface area contributed by atoms with Crippen LogP contribution in [0.4, 0.5) is 0 Å². The zero-order valence-electron chi connectivity index (χ0n) is 8.62. The van der Waals surface area contributed by atoms with E-state index in [0.29, 0.717) is 13.1 Å². The number of hydrogen-bond donors (Lipinski definition) is 3. The molecule has 1 aromatic rings. The zero-order valence-corrected chi connectivity index (χ0v) is 9.37. The van der Waals surface area contributed by atoms with Gasteiger partial charge in [-0.15, -0.1) is 0 Å². The first-order valence-corrected chi connectivity index (χ1v) is 5.43. The summed E-state index contributed by atoms with van der Waals surface area (Å²) in [6.45, 7) is 2.40. The van der Waals surface area contributed by atoms with E-state index in [-0.39, 0.29) is 13.2 Å². The third-order valence-electron chi connectivity index (χ3n) is 2.30. The van der Waals surface area contributed by atoms with Gasteiger partial charge in [0.1, 0.15) is 19.6 Å². The standard InChI is InChI=1S/C11H16ClNO2/c12-11-3-1-10(2-4-11)9-13(5-7-14)6-8-15/h1-4,14-15H,5-9H2/p+1. The number of rotatable bonds is 6. The van der Waals surface area contributed by atoms with Crippen LogP contribution in [0.25, 0.3) is 0 Å². The van der Waals surface area contributed by atoms with Gasteiger partial charge in [0.15, 0.2) is 0 Å². The van der Waals surface area contributed by atoms with E-state index >= 15 is 0 Å². The van der Waals surface area contributed by atoms with Crippen molar-refractivity contribution < 1.29 is 15.1 Å². The molecule has 0 atom stereocenters. The molecule has 84 valence electrons. The molecule has 0 aliphatic heterocycles. The number of nitrogens with one attached hydrogen (secondary N) is 1. The maximum absolute atomic E-state index is 8.86. The van der Waals surface area contributed by atoms with Gasteiger partial charge < -0.3 is 15.1 Å². The van der Waals surface area contributed by atoms with Crippen molar-refractivity contribution in [1.82, 2.24) is 0 Å². The lowest BCUT2D eigenvalue weighted by Crippen LogP contribution is -3.11. The van der Waals surface area contributed by atoms with Crippen LogP contribution in [0.1, 0.15) is 5.56 Å². The summed E-state index contributed by atoms with van der Waals surface area (Å²) in [7, 11) is 0. The monoisotopic (exact) mass is 230 g/mol. The van der Waals surface area contributed by atoms with Crippen LogP contribution in [0.5, 0.6) is 0 Å². The van der Waals surface area contributed by atoms with Crippen molar-refractivity contribution in [3.8, 4) is 0 Å². The van der Waals surface area contributed by atoms with Crippen molar-refractivity contribution in [2.45, 2.75) is 6.54 Å². The first-order chi connectivity index (χ1) is 7.26. The lowest BCUT2D eigenvalue weighted by Gasteiger charge is -2.17. The fourth-order valence-corrected chi connectivity index (χ4v) is 1.63. The van der Waals surface area contributed by atoms with Gasteiger partial charge in [0.25, 0.3) is 0 Å². The van der Waals surface area contributed by atoms with Crippen LogP contribution >= 0.6 is 11.6 Å². The summed E-state index contributed by atoms with van der Waals surface area (Å²) in [4.78, 5) is 1.17. The number of benzene rings is 1. The summed E-state index contributed by atoms with van der Waals surface area (Å²) < 4.78 is 0. The van der Waals surface area contributed by atoms with Crippen LogP contribution in [0.3, 0.4) is 0 Å². The third-order valence-corrected chi connectivity index (χ3v) is 2.55. The van der Waals surface area contributed by atoms with Crippen molar-refractivity contribution in [1.29, 1.82) is 0 Å². The summed E-state index contributed by atoms with van der Waals surface area (Å²) in [5.74, 6) is 0. The van der Waals surface area contributed by atoms with Gasteiger partial charge in [-0.1, -0.05) is 23.7 Å². The highest BCUT2D eigenvalue weighted by atomic mass is 35.5. The Bertz CT molecular complexity index is 270. The van der Waals surface area contributed by atoms with Gasteiger partial charge in [-0.05, 0) is 12.1 Å².